The minimum atomic E-state index is -0.0955. The number of amides is 1. The molecule has 0 spiro atoms. The molecule has 0 bridgehead atoms. The number of carbonyl (C=O) groups excluding carboxylic acids is 1. The largest absolute Gasteiger partial charge is 0.365 e. The van der Waals surface area contributed by atoms with Crippen molar-refractivity contribution in [1.82, 2.24) is 15.1 Å². The average Bonchev–Trinajstić information content (AvgIpc) is 3.29. The van der Waals surface area contributed by atoms with Gasteiger partial charge in [0.15, 0.2) is 5.69 Å². The Balaban J connectivity index is 1.46. The summed E-state index contributed by atoms with van der Waals surface area (Å²) in [4.78, 5) is 12.1. The number of rotatable bonds is 4. The van der Waals surface area contributed by atoms with E-state index < -0.39 is 0 Å². The van der Waals surface area contributed by atoms with Gasteiger partial charge in [-0.1, -0.05) is 23.7 Å². The van der Waals surface area contributed by atoms with Gasteiger partial charge in [0, 0.05) is 11.6 Å². The highest BCUT2D eigenvalue weighted by Gasteiger charge is 2.25. The van der Waals surface area contributed by atoms with E-state index in [-0.39, 0.29) is 12.0 Å². The van der Waals surface area contributed by atoms with Crippen LogP contribution in [0.4, 0.5) is 0 Å². The standard InChI is InChI=1S/C17H18ClN3O2/c18-13-5-3-12(4-6-13)16-9-21-14(10-23-16)7-15(20-21)17(22)19-8-11-1-2-11/h3-7,11,16H,1-2,8-10H2,(H,19,22)/t16-/m1/s1. The molecule has 5 nitrogen and oxygen atoms in total. The normalized spacial score (nSPS) is 20.1. The van der Waals surface area contributed by atoms with Crippen LogP contribution in [0, 0.1) is 5.92 Å². The molecule has 2 aliphatic rings. The second-order valence-electron chi connectivity index (χ2n) is 6.21. The Labute approximate surface area is 139 Å². The van der Waals surface area contributed by atoms with Gasteiger partial charge in [0.25, 0.3) is 5.91 Å². The first kappa shape index (κ1) is 14.7. The van der Waals surface area contributed by atoms with Crippen LogP contribution in [0.5, 0.6) is 0 Å². The highest BCUT2D eigenvalue weighted by atomic mass is 35.5. The first-order valence-corrected chi connectivity index (χ1v) is 8.29. The Morgan fingerprint density at radius 2 is 2.13 bits per heavy atom. The van der Waals surface area contributed by atoms with Crippen LogP contribution in [-0.4, -0.2) is 22.2 Å². The van der Waals surface area contributed by atoms with Crippen LogP contribution < -0.4 is 5.32 Å². The molecule has 0 radical (unpaired) electrons. The molecule has 1 amide bonds. The van der Waals surface area contributed by atoms with E-state index >= 15 is 0 Å². The van der Waals surface area contributed by atoms with Crippen LogP contribution in [-0.2, 0) is 17.9 Å². The number of hydrogen-bond acceptors (Lipinski definition) is 3. The Bertz CT molecular complexity index is 722. The topological polar surface area (TPSA) is 56.2 Å². The second-order valence-corrected chi connectivity index (χ2v) is 6.64. The molecule has 23 heavy (non-hydrogen) atoms. The zero-order valence-corrected chi connectivity index (χ0v) is 13.4. The lowest BCUT2D eigenvalue weighted by Crippen LogP contribution is -2.26. The van der Waals surface area contributed by atoms with E-state index in [0.29, 0.717) is 29.8 Å². The number of benzene rings is 1. The number of hydrogen-bond donors (Lipinski definition) is 1. The van der Waals surface area contributed by atoms with Gasteiger partial charge in [-0.25, -0.2) is 0 Å². The fraction of sp³-hybridized carbons (Fsp3) is 0.412. The summed E-state index contributed by atoms with van der Waals surface area (Å²) in [6.07, 6.45) is 2.37. The van der Waals surface area contributed by atoms with E-state index in [1.54, 1.807) is 0 Å². The van der Waals surface area contributed by atoms with E-state index in [1.165, 1.54) is 12.8 Å². The average molecular weight is 332 g/mol. The Morgan fingerprint density at radius 3 is 2.87 bits per heavy atom. The zero-order chi connectivity index (χ0) is 15.8. The molecular formula is C17H18ClN3O2. The van der Waals surface area contributed by atoms with Gasteiger partial charge >= 0.3 is 0 Å². The summed E-state index contributed by atoms with van der Waals surface area (Å²) in [6.45, 7) is 1.81. The van der Waals surface area contributed by atoms with E-state index in [0.717, 1.165) is 17.8 Å². The molecule has 4 rings (SSSR count). The van der Waals surface area contributed by atoms with Crippen molar-refractivity contribution in [3.63, 3.8) is 0 Å². The number of nitrogens with one attached hydrogen (secondary N) is 1. The van der Waals surface area contributed by atoms with Crippen LogP contribution in [0.2, 0.25) is 5.02 Å². The number of aromatic nitrogens is 2. The molecule has 1 N–H and O–H groups in total. The third-order valence-corrected chi connectivity index (χ3v) is 4.61. The summed E-state index contributed by atoms with van der Waals surface area (Å²) >= 11 is 5.92. The van der Waals surface area contributed by atoms with Crippen molar-refractivity contribution in [2.45, 2.75) is 32.1 Å². The van der Waals surface area contributed by atoms with E-state index in [2.05, 4.69) is 10.4 Å². The molecule has 1 saturated carbocycles. The third-order valence-electron chi connectivity index (χ3n) is 4.36. The molecule has 1 aromatic carbocycles. The van der Waals surface area contributed by atoms with Crippen LogP contribution in [0.1, 0.15) is 40.7 Å². The molecular weight excluding hydrogens is 314 g/mol. The minimum Gasteiger partial charge on any atom is -0.365 e. The van der Waals surface area contributed by atoms with Crippen molar-refractivity contribution < 1.29 is 9.53 Å². The Morgan fingerprint density at radius 1 is 1.35 bits per heavy atom. The summed E-state index contributed by atoms with van der Waals surface area (Å²) in [7, 11) is 0. The number of halogens is 1. The third kappa shape index (κ3) is 3.26. The van der Waals surface area contributed by atoms with Gasteiger partial charge in [-0.3, -0.25) is 9.48 Å². The quantitative estimate of drug-likeness (QED) is 0.937. The molecule has 2 aromatic rings. The lowest BCUT2D eigenvalue weighted by molar-refractivity contribution is -0.00119. The van der Waals surface area contributed by atoms with Gasteiger partial charge in [0.2, 0.25) is 0 Å². The maximum atomic E-state index is 12.1. The monoisotopic (exact) mass is 331 g/mol. The molecule has 1 aromatic heterocycles. The van der Waals surface area contributed by atoms with Gasteiger partial charge in [0.05, 0.1) is 18.8 Å². The van der Waals surface area contributed by atoms with Crippen LogP contribution in [0.15, 0.2) is 30.3 Å². The summed E-state index contributed by atoms with van der Waals surface area (Å²) in [5.74, 6) is 0.565. The van der Waals surface area contributed by atoms with Crippen LogP contribution in [0.25, 0.3) is 0 Å². The van der Waals surface area contributed by atoms with E-state index in [9.17, 15) is 4.79 Å². The van der Waals surface area contributed by atoms with Crippen molar-refractivity contribution >= 4 is 17.5 Å². The second kappa shape index (κ2) is 5.98. The molecule has 0 saturated heterocycles. The fourth-order valence-electron chi connectivity index (χ4n) is 2.77. The molecule has 1 aliphatic heterocycles. The van der Waals surface area contributed by atoms with E-state index in [1.807, 2.05) is 35.0 Å². The maximum Gasteiger partial charge on any atom is 0.271 e. The Kier molecular flexibility index (Phi) is 3.83. The highest BCUT2D eigenvalue weighted by molar-refractivity contribution is 6.30. The summed E-state index contributed by atoms with van der Waals surface area (Å²) in [5, 5.41) is 8.10. The number of fused-ring (bicyclic) bond motifs is 1. The van der Waals surface area contributed by atoms with Crippen LogP contribution >= 0.6 is 11.6 Å². The van der Waals surface area contributed by atoms with Gasteiger partial charge in [-0.2, -0.15) is 5.10 Å². The molecule has 120 valence electrons. The van der Waals surface area contributed by atoms with E-state index in [4.69, 9.17) is 16.3 Å². The maximum absolute atomic E-state index is 12.1. The van der Waals surface area contributed by atoms with Crippen molar-refractivity contribution in [1.29, 1.82) is 0 Å². The molecule has 1 fully saturated rings. The predicted octanol–water partition coefficient (Wildman–Crippen LogP) is 2.95. The summed E-state index contributed by atoms with van der Waals surface area (Å²) < 4.78 is 7.77. The highest BCUT2D eigenvalue weighted by Crippen LogP contribution is 2.28. The molecule has 1 atom stereocenters. The number of ether oxygens (including phenoxy) is 1. The number of carbonyl (C=O) groups is 1. The van der Waals surface area contributed by atoms with Gasteiger partial charge in [-0.15, -0.1) is 0 Å². The molecule has 2 heterocycles. The van der Waals surface area contributed by atoms with Crippen molar-refractivity contribution in [2.24, 2.45) is 5.92 Å². The molecule has 6 heteroatoms. The lowest BCUT2D eigenvalue weighted by Gasteiger charge is -2.24. The van der Waals surface area contributed by atoms with Crippen LogP contribution in [0.3, 0.4) is 0 Å². The first-order chi connectivity index (χ1) is 11.2. The summed E-state index contributed by atoms with van der Waals surface area (Å²) in [6, 6.07) is 9.46. The predicted molar refractivity (Wildman–Crippen MR) is 86.3 cm³/mol. The van der Waals surface area contributed by atoms with Crippen molar-refractivity contribution in [2.75, 3.05) is 6.54 Å². The van der Waals surface area contributed by atoms with Gasteiger partial charge in [0.1, 0.15) is 6.10 Å². The molecule has 1 aliphatic carbocycles. The lowest BCUT2D eigenvalue weighted by atomic mass is 10.1. The van der Waals surface area contributed by atoms with Crippen molar-refractivity contribution in [3.8, 4) is 0 Å². The smallest absolute Gasteiger partial charge is 0.271 e. The summed E-state index contributed by atoms with van der Waals surface area (Å²) in [5.41, 5.74) is 2.48. The Hall–Kier alpha value is -1.85. The first-order valence-electron chi connectivity index (χ1n) is 7.91. The zero-order valence-electron chi connectivity index (χ0n) is 12.7. The SMILES string of the molecule is O=C(NCC1CC1)c1cc2n(n1)C[C@H](c1ccc(Cl)cc1)OC2. The fourth-order valence-corrected chi connectivity index (χ4v) is 2.89. The van der Waals surface area contributed by atoms with Crippen molar-refractivity contribution in [3.05, 3.63) is 52.3 Å². The number of nitrogens with zero attached hydrogens (tertiary/aromatic N) is 2. The van der Waals surface area contributed by atoms with Gasteiger partial charge in [-0.05, 0) is 42.5 Å². The molecule has 0 unspecified atom stereocenters. The van der Waals surface area contributed by atoms with Gasteiger partial charge < -0.3 is 10.1 Å². The minimum absolute atomic E-state index is 0.0676.